The number of benzene rings is 2. The number of thioether (sulfide) groups is 1. The van der Waals surface area contributed by atoms with Crippen LogP contribution >= 0.6 is 11.8 Å². The third kappa shape index (κ3) is 4.01. The van der Waals surface area contributed by atoms with Crippen molar-refractivity contribution in [3.8, 4) is 0 Å². The zero-order valence-electron chi connectivity index (χ0n) is 16.3. The van der Waals surface area contributed by atoms with E-state index in [-0.39, 0.29) is 11.1 Å². The molecular formula is C23H25NO2S. The minimum atomic E-state index is -0.237. The second-order valence-corrected chi connectivity index (χ2v) is 7.99. The molecule has 1 aliphatic rings. The van der Waals surface area contributed by atoms with Gasteiger partial charge in [-0.25, -0.2) is 4.90 Å². The summed E-state index contributed by atoms with van der Waals surface area (Å²) in [5.74, 6) is -0.234. The second-order valence-electron chi connectivity index (χ2n) is 7.03. The van der Waals surface area contributed by atoms with E-state index in [1.165, 1.54) is 21.6 Å². The molecule has 1 fully saturated rings. The van der Waals surface area contributed by atoms with E-state index < -0.39 is 0 Å². The predicted molar refractivity (Wildman–Crippen MR) is 114 cm³/mol. The molecule has 1 aliphatic heterocycles. The van der Waals surface area contributed by atoms with Gasteiger partial charge in [-0.1, -0.05) is 43.7 Å². The van der Waals surface area contributed by atoms with Crippen LogP contribution in [0.15, 0.2) is 47.4 Å². The number of unbranched alkanes of at least 4 members (excludes halogenated alkanes) is 1. The molecule has 0 aromatic heterocycles. The number of carbonyl (C=O) groups is 2. The van der Waals surface area contributed by atoms with Crippen molar-refractivity contribution < 1.29 is 9.59 Å². The Morgan fingerprint density at radius 1 is 1.00 bits per heavy atom. The third-order valence-electron chi connectivity index (χ3n) is 5.06. The highest BCUT2D eigenvalue weighted by molar-refractivity contribution is 8.19. The van der Waals surface area contributed by atoms with Crippen LogP contribution in [0, 0.1) is 13.8 Å². The number of aryl methyl sites for hydroxylation is 3. The Bertz CT molecular complexity index is 912. The van der Waals surface area contributed by atoms with E-state index in [1.807, 2.05) is 43.3 Å². The minimum absolute atomic E-state index is 0.234. The molecule has 140 valence electrons. The number of carbonyl (C=O) groups excluding carboxylic acids is 2. The second kappa shape index (κ2) is 8.13. The first kappa shape index (κ1) is 19.4. The van der Waals surface area contributed by atoms with Gasteiger partial charge >= 0.3 is 0 Å². The average Bonchev–Trinajstić information content (AvgIpc) is 2.96. The Kier molecular flexibility index (Phi) is 5.85. The van der Waals surface area contributed by atoms with E-state index in [9.17, 15) is 9.59 Å². The molecule has 3 rings (SSSR count). The molecule has 0 N–H and O–H groups in total. The van der Waals surface area contributed by atoms with Gasteiger partial charge in [0.25, 0.3) is 11.1 Å². The normalized spacial score (nSPS) is 16.2. The molecule has 0 spiro atoms. The zero-order chi connectivity index (χ0) is 19.6. The van der Waals surface area contributed by atoms with Gasteiger partial charge in [0.1, 0.15) is 0 Å². The smallest absolute Gasteiger partial charge is 0.268 e. The summed E-state index contributed by atoms with van der Waals surface area (Å²) < 4.78 is 0. The molecule has 2 amide bonds. The molecule has 1 heterocycles. The number of nitrogens with zero attached hydrogens (tertiary/aromatic N) is 1. The molecule has 0 bridgehead atoms. The Balaban J connectivity index is 1.89. The highest BCUT2D eigenvalue weighted by Gasteiger charge is 2.37. The molecule has 2 aromatic rings. The van der Waals surface area contributed by atoms with Crippen molar-refractivity contribution in [1.82, 2.24) is 0 Å². The lowest BCUT2D eigenvalue weighted by Gasteiger charge is -2.13. The predicted octanol–water partition coefficient (Wildman–Crippen LogP) is 6.28. The highest BCUT2D eigenvalue weighted by Crippen LogP contribution is 2.39. The van der Waals surface area contributed by atoms with Gasteiger partial charge in [0.2, 0.25) is 0 Å². The standard InChI is InChI=1S/C23H25NO2S/c1-5-6-7-18-9-12-20(13-10-18)24-22(25)21(27-23(24)26)17(4)19-11-8-15(2)16(3)14-19/h8-14H,5-7H2,1-4H3/b21-17-. The fourth-order valence-corrected chi connectivity index (χ4v) is 4.02. The lowest BCUT2D eigenvalue weighted by Crippen LogP contribution is -2.27. The Hall–Kier alpha value is -2.33. The number of hydrogen-bond acceptors (Lipinski definition) is 3. The van der Waals surface area contributed by atoms with Crippen molar-refractivity contribution in [2.24, 2.45) is 0 Å². The quantitative estimate of drug-likeness (QED) is 0.574. The summed E-state index contributed by atoms with van der Waals surface area (Å²) in [4.78, 5) is 27.3. The summed E-state index contributed by atoms with van der Waals surface area (Å²) >= 11 is 1.02. The summed E-state index contributed by atoms with van der Waals surface area (Å²) in [6.07, 6.45) is 3.30. The van der Waals surface area contributed by atoms with Crippen LogP contribution in [0.25, 0.3) is 5.57 Å². The van der Waals surface area contributed by atoms with Crippen molar-refractivity contribution in [2.75, 3.05) is 4.90 Å². The summed E-state index contributed by atoms with van der Waals surface area (Å²) in [5.41, 5.74) is 6.09. The van der Waals surface area contributed by atoms with E-state index in [0.717, 1.165) is 42.2 Å². The first-order chi connectivity index (χ1) is 12.9. The van der Waals surface area contributed by atoms with Crippen LogP contribution < -0.4 is 4.90 Å². The number of anilines is 1. The van der Waals surface area contributed by atoms with E-state index in [1.54, 1.807) is 0 Å². The van der Waals surface area contributed by atoms with Gasteiger partial charge in [-0.3, -0.25) is 9.59 Å². The summed E-state index contributed by atoms with van der Waals surface area (Å²) in [7, 11) is 0. The highest BCUT2D eigenvalue weighted by atomic mass is 32.2. The number of amides is 2. The number of hydrogen-bond donors (Lipinski definition) is 0. The van der Waals surface area contributed by atoms with Gasteiger partial charge < -0.3 is 0 Å². The molecule has 4 heteroatoms. The maximum Gasteiger partial charge on any atom is 0.298 e. The summed E-state index contributed by atoms with van der Waals surface area (Å²) in [6.45, 7) is 8.19. The van der Waals surface area contributed by atoms with Crippen molar-refractivity contribution in [3.05, 3.63) is 69.6 Å². The lowest BCUT2D eigenvalue weighted by molar-refractivity contribution is -0.113. The summed E-state index contributed by atoms with van der Waals surface area (Å²) in [6, 6.07) is 13.9. The number of rotatable bonds is 5. The van der Waals surface area contributed by atoms with Crippen LogP contribution in [0.1, 0.15) is 48.9 Å². The topological polar surface area (TPSA) is 37.4 Å². The SMILES string of the molecule is CCCCc1ccc(N2C(=O)S/C(=C(/C)c3ccc(C)c(C)c3)C2=O)cc1. The van der Waals surface area contributed by atoms with Crippen LogP contribution in [0.2, 0.25) is 0 Å². The maximum atomic E-state index is 13.0. The zero-order valence-corrected chi connectivity index (χ0v) is 17.2. The van der Waals surface area contributed by atoms with Crippen LogP contribution in [-0.2, 0) is 11.2 Å². The van der Waals surface area contributed by atoms with Crippen molar-refractivity contribution in [1.29, 1.82) is 0 Å². The molecule has 3 nitrogen and oxygen atoms in total. The van der Waals surface area contributed by atoms with E-state index >= 15 is 0 Å². The van der Waals surface area contributed by atoms with Crippen LogP contribution in [0.4, 0.5) is 10.5 Å². The molecule has 2 aromatic carbocycles. The molecule has 0 aliphatic carbocycles. The third-order valence-corrected chi connectivity index (χ3v) is 6.11. The molecular weight excluding hydrogens is 354 g/mol. The van der Waals surface area contributed by atoms with Gasteiger partial charge in [0.05, 0.1) is 10.6 Å². The van der Waals surface area contributed by atoms with Crippen molar-refractivity contribution in [2.45, 2.75) is 47.0 Å². The molecule has 0 saturated carbocycles. The lowest BCUT2D eigenvalue weighted by atomic mass is 10.0. The molecule has 1 saturated heterocycles. The molecule has 0 atom stereocenters. The Labute approximate surface area is 165 Å². The summed E-state index contributed by atoms with van der Waals surface area (Å²) in [5, 5.41) is -0.237. The van der Waals surface area contributed by atoms with Crippen LogP contribution in [-0.4, -0.2) is 11.1 Å². The average molecular weight is 380 g/mol. The number of allylic oxidation sites excluding steroid dienone is 1. The fourth-order valence-electron chi connectivity index (χ4n) is 3.12. The van der Waals surface area contributed by atoms with Crippen molar-refractivity contribution >= 4 is 34.2 Å². The maximum absolute atomic E-state index is 13.0. The van der Waals surface area contributed by atoms with Gasteiger partial charge in [0, 0.05) is 0 Å². The Morgan fingerprint density at radius 2 is 1.70 bits per heavy atom. The minimum Gasteiger partial charge on any atom is -0.268 e. The largest absolute Gasteiger partial charge is 0.298 e. The monoisotopic (exact) mass is 379 g/mol. The fraction of sp³-hybridized carbons (Fsp3) is 0.304. The number of imide groups is 1. The first-order valence-corrected chi connectivity index (χ1v) is 10.2. The van der Waals surface area contributed by atoms with E-state index in [4.69, 9.17) is 0 Å². The van der Waals surface area contributed by atoms with E-state index in [2.05, 4.69) is 26.8 Å². The molecule has 0 unspecified atom stereocenters. The van der Waals surface area contributed by atoms with Gasteiger partial charge in [-0.15, -0.1) is 0 Å². The molecule has 0 radical (unpaired) electrons. The van der Waals surface area contributed by atoms with Crippen LogP contribution in [0.3, 0.4) is 0 Å². The first-order valence-electron chi connectivity index (χ1n) is 9.36. The van der Waals surface area contributed by atoms with Crippen LogP contribution in [0.5, 0.6) is 0 Å². The van der Waals surface area contributed by atoms with Crippen molar-refractivity contribution in [3.63, 3.8) is 0 Å². The van der Waals surface area contributed by atoms with Gasteiger partial charge in [0.15, 0.2) is 0 Å². The Morgan fingerprint density at radius 3 is 2.33 bits per heavy atom. The van der Waals surface area contributed by atoms with E-state index in [0.29, 0.717) is 10.6 Å². The van der Waals surface area contributed by atoms with Gasteiger partial charge in [-0.05, 0) is 85.3 Å². The van der Waals surface area contributed by atoms with Gasteiger partial charge in [-0.2, -0.15) is 0 Å². The molecule has 27 heavy (non-hydrogen) atoms.